The maximum Gasteiger partial charge on any atom is 0.349 e. The van der Waals surface area contributed by atoms with E-state index in [1.165, 1.54) is 0 Å². The molecule has 0 saturated carbocycles. The van der Waals surface area contributed by atoms with Gasteiger partial charge >= 0.3 is 5.63 Å². The molecule has 1 saturated heterocycles. The second kappa shape index (κ2) is 8.75. The minimum atomic E-state index is -0.662. The third-order valence-corrected chi connectivity index (χ3v) is 5.07. The molecule has 7 heteroatoms. The molecule has 28 heavy (non-hydrogen) atoms. The summed E-state index contributed by atoms with van der Waals surface area (Å²) in [6, 6.07) is 7.00. The zero-order valence-corrected chi connectivity index (χ0v) is 16.9. The first-order valence-electron chi connectivity index (χ1n) is 9.71. The summed E-state index contributed by atoms with van der Waals surface area (Å²) >= 11 is 0. The summed E-state index contributed by atoms with van der Waals surface area (Å²) < 4.78 is 16.5. The highest BCUT2D eigenvalue weighted by atomic mass is 16.5. The number of nitrogens with zero attached hydrogens (tertiary/aromatic N) is 1. The molecule has 1 amide bonds. The van der Waals surface area contributed by atoms with Crippen molar-refractivity contribution in [3.05, 3.63) is 40.2 Å². The fraction of sp³-hybridized carbons (Fsp3) is 0.524. The number of nitrogens with one attached hydrogen (secondary N) is 1. The molecule has 1 fully saturated rings. The van der Waals surface area contributed by atoms with Crippen molar-refractivity contribution in [3.8, 4) is 5.75 Å². The first-order chi connectivity index (χ1) is 13.4. The van der Waals surface area contributed by atoms with Crippen LogP contribution < -0.4 is 15.7 Å². The van der Waals surface area contributed by atoms with E-state index in [4.69, 9.17) is 13.9 Å². The van der Waals surface area contributed by atoms with E-state index in [-0.39, 0.29) is 17.7 Å². The number of hydrogen-bond donors (Lipinski definition) is 1. The Morgan fingerprint density at radius 1 is 1.32 bits per heavy atom. The molecule has 2 aromatic rings. The third-order valence-electron chi connectivity index (χ3n) is 5.07. The van der Waals surface area contributed by atoms with Crippen LogP contribution in [0.25, 0.3) is 11.0 Å². The summed E-state index contributed by atoms with van der Waals surface area (Å²) in [6.07, 6.45) is 0.774. The SMILES string of the molecule is CCCOc1ccc2cc(C(=O)N[C@H]3CN(C(C)C)C[C@@H]3OC)c(=O)oc2c1. The molecule has 1 aromatic carbocycles. The number of fused-ring (bicyclic) bond motifs is 1. The molecule has 7 nitrogen and oxygen atoms in total. The van der Waals surface area contributed by atoms with Gasteiger partial charge in [0.05, 0.1) is 18.8 Å². The number of methoxy groups -OCH3 is 1. The number of ether oxygens (including phenoxy) is 2. The Morgan fingerprint density at radius 3 is 2.79 bits per heavy atom. The zero-order chi connectivity index (χ0) is 20.3. The van der Waals surface area contributed by atoms with Gasteiger partial charge in [-0.05, 0) is 38.5 Å². The average Bonchev–Trinajstić information content (AvgIpc) is 3.08. The van der Waals surface area contributed by atoms with Crippen molar-refractivity contribution in [1.29, 1.82) is 0 Å². The average molecular weight is 388 g/mol. The Kier molecular flexibility index (Phi) is 6.36. The summed E-state index contributed by atoms with van der Waals surface area (Å²) in [5.74, 6) is 0.192. The molecule has 2 atom stereocenters. The van der Waals surface area contributed by atoms with Crippen LogP contribution in [0.15, 0.2) is 33.5 Å². The van der Waals surface area contributed by atoms with Gasteiger partial charge in [0.2, 0.25) is 0 Å². The standard InChI is InChI=1S/C21H28N2O5/c1-5-8-27-15-7-6-14-9-16(21(25)28-18(14)10-15)20(24)22-17-11-23(13(2)3)12-19(17)26-4/h6-7,9-10,13,17,19H,5,8,11-12H2,1-4H3,(H,22,24)/t17-,19-/m0/s1. The Labute approximate surface area is 164 Å². The van der Waals surface area contributed by atoms with Crippen molar-refractivity contribution in [2.24, 2.45) is 0 Å². The predicted molar refractivity (Wildman–Crippen MR) is 107 cm³/mol. The molecule has 2 heterocycles. The van der Waals surface area contributed by atoms with Gasteiger partial charge in [-0.15, -0.1) is 0 Å². The predicted octanol–water partition coefficient (Wildman–Crippen LogP) is 2.42. The van der Waals surface area contributed by atoms with Crippen LogP contribution in [-0.4, -0.2) is 55.8 Å². The molecule has 1 aliphatic heterocycles. The monoisotopic (exact) mass is 388 g/mol. The first-order valence-corrected chi connectivity index (χ1v) is 9.71. The molecular formula is C21H28N2O5. The molecule has 1 N–H and O–H groups in total. The van der Waals surface area contributed by atoms with Crippen molar-refractivity contribution >= 4 is 16.9 Å². The molecule has 0 spiro atoms. The van der Waals surface area contributed by atoms with Gasteiger partial charge in [-0.25, -0.2) is 4.79 Å². The van der Waals surface area contributed by atoms with Crippen molar-refractivity contribution < 1.29 is 18.7 Å². The third kappa shape index (κ3) is 4.36. The van der Waals surface area contributed by atoms with Gasteiger partial charge in [-0.2, -0.15) is 0 Å². The van der Waals surface area contributed by atoms with Crippen LogP contribution in [0.3, 0.4) is 0 Å². The van der Waals surface area contributed by atoms with Crippen LogP contribution in [0.2, 0.25) is 0 Å². The molecular weight excluding hydrogens is 360 g/mol. The Hall–Kier alpha value is -2.38. The first kappa shape index (κ1) is 20.4. The summed E-state index contributed by atoms with van der Waals surface area (Å²) in [4.78, 5) is 27.4. The molecule has 0 radical (unpaired) electrons. The summed E-state index contributed by atoms with van der Waals surface area (Å²) in [5.41, 5.74) is -0.269. The van der Waals surface area contributed by atoms with E-state index in [9.17, 15) is 9.59 Å². The van der Waals surface area contributed by atoms with Gasteiger partial charge in [-0.1, -0.05) is 6.92 Å². The lowest BCUT2D eigenvalue weighted by atomic mass is 10.1. The van der Waals surface area contributed by atoms with Crippen LogP contribution >= 0.6 is 0 Å². The number of carbonyl (C=O) groups is 1. The van der Waals surface area contributed by atoms with Gasteiger partial charge in [0, 0.05) is 37.7 Å². The largest absolute Gasteiger partial charge is 0.493 e. The van der Waals surface area contributed by atoms with E-state index in [0.29, 0.717) is 35.9 Å². The number of hydrogen-bond acceptors (Lipinski definition) is 6. The number of rotatable bonds is 7. The Balaban J connectivity index is 1.79. The highest BCUT2D eigenvalue weighted by Gasteiger charge is 2.35. The molecule has 0 bridgehead atoms. The highest BCUT2D eigenvalue weighted by molar-refractivity contribution is 5.97. The quantitative estimate of drug-likeness (QED) is 0.734. The Bertz CT molecular complexity index is 892. The van der Waals surface area contributed by atoms with Gasteiger partial charge in [0.15, 0.2) is 0 Å². The number of carbonyl (C=O) groups excluding carboxylic acids is 1. The van der Waals surface area contributed by atoms with Crippen molar-refractivity contribution in [2.45, 2.75) is 45.4 Å². The van der Waals surface area contributed by atoms with E-state index in [1.54, 1.807) is 31.4 Å². The lowest BCUT2D eigenvalue weighted by Gasteiger charge is -2.19. The van der Waals surface area contributed by atoms with Crippen LogP contribution in [0.4, 0.5) is 0 Å². The summed E-state index contributed by atoms with van der Waals surface area (Å²) in [7, 11) is 1.64. The molecule has 1 aromatic heterocycles. The van der Waals surface area contributed by atoms with E-state index in [1.807, 2.05) is 6.92 Å². The lowest BCUT2D eigenvalue weighted by molar-refractivity contribution is 0.0751. The van der Waals surface area contributed by atoms with Crippen LogP contribution in [0.1, 0.15) is 37.6 Å². The van der Waals surface area contributed by atoms with E-state index in [2.05, 4.69) is 24.1 Å². The van der Waals surface area contributed by atoms with E-state index in [0.717, 1.165) is 13.0 Å². The fourth-order valence-corrected chi connectivity index (χ4v) is 3.41. The summed E-state index contributed by atoms with van der Waals surface area (Å²) in [5, 5.41) is 3.61. The van der Waals surface area contributed by atoms with Crippen molar-refractivity contribution in [2.75, 3.05) is 26.8 Å². The van der Waals surface area contributed by atoms with E-state index >= 15 is 0 Å². The highest BCUT2D eigenvalue weighted by Crippen LogP contribution is 2.21. The zero-order valence-electron chi connectivity index (χ0n) is 16.9. The maximum atomic E-state index is 12.7. The Morgan fingerprint density at radius 2 is 2.11 bits per heavy atom. The second-order valence-corrected chi connectivity index (χ2v) is 7.40. The fourth-order valence-electron chi connectivity index (χ4n) is 3.41. The molecule has 0 aliphatic carbocycles. The van der Waals surface area contributed by atoms with Crippen molar-refractivity contribution in [1.82, 2.24) is 10.2 Å². The normalized spacial score (nSPS) is 20.0. The molecule has 0 unspecified atom stereocenters. The number of likely N-dealkylation sites (tertiary alicyclic amines) is 1. The minimum Gasteiger partial charge on any atom is -0.493 e. The minimum absolute atomic E-state index is 0.00687. The van der Waals surface area contributed by atoms with Gasteiger partial charge in [-0.3, -0.25) is 9.69 Å². The smallest absolute Gasteiger partial charge is 0.349 e. The van der Waals surface area contributed by atoms with Gasteiger partial charge < -0.3 is 19.2 Å². The van der Waals surface area contributed by atoms with Gasteiger partial charge in [0.25, 0.3) is 5.91 Å². The molecule has 1 aliphatic rings. The van der Waals surface area contributed by atoms with Crippen LogP contribution in [0, 0.1) is 0 Å². The van der Waals surface area contributed by atoms with Crippen LogP contribution in [-0.2, 0) is 4.74 Å². The maximum absolute atomic E-state index is 12.7. The lowest BCUT2D eigenvalue weighted by Crippen LogP contribution is -2.44. The summed E-state index contributed by atoms with van der Waals surface area (Å²) in [6.45, 7) is 8.24. The molecule has 3 rings (SSSR count). The van der Waals surface area contributed by atoms with Gasteiger partial charge in [0.1, 0.15) is 16.9 Å². The topological polar surface area (TPSA) is 81.0 Å². The number of benzene rings is 1. The second-order valence-electron chi connectivity index (χ2n) is 7.40. The molecule has 152 valence electrons. The van der Waals surface area contributed by atoms with Crippen LogP contribution in [0.5, 0.6) is 5.75 Å². The number of amides is 1. The van der Waals surface area contributed by atoms with Crippen molar-refractivity contribution in [3.63, 3.8) is 0 Å². The van der Waals surface area contributed by atoms with E-state index < -0.39 is 11.5 Å².